The molecule has 0 aromatic carbocycles. The molecule has 1 aromatic rings. The molecular weight excluding hydrogens is 194 g/mol. The highest BCUT2D eigenvalue weighted by atomic mass is 16.5. The van der Waals surface area contributed by atoms with Crippen LogP contribution in [0.4, 0.5) is 0 Å². The summed E-state index contributed by atoms with van der Waals surface area (Å²) in [7, 11) is 3.04. The van der Waals surface area contributed by atoms with Crippen LogP contribution >= 0.6 is 0 Å². The van der Waals surface area contributed by atoms with E-state index in [0.29, 0.717) is 17.3 Å². The van der Waals surface area contributed by atoms with Gasteiger partial charge in [0.2, 0.25) is 11.8 Å². The van der Waals surface area contributed by atoms with Crippen molar-refractivity contribution in [1.29, 1.82) is 0 Å². The van der Waals surface area contributed by atoms with Crippen molar-refractivity contribution >= 4 is 5.78 Å². The number of hydrogen-bond acceptors (Lipinski definition) is 4. The Morgan fingerprint density at radius 1 is 1.33 bits per heavy atom. The fourth-order valence-electron chi connectivity index (χ4n) is 1.45. The molecule has 4 heteroatoms. The van der Waals surface area contributed by atoms with Crippen molar-refractivity contribution in [3.63, 3.8) is 0 Å². The quantitative estimate of drug-likeness (QED) is 0.705. The Labute approximate surface area is 88.2 Å². The zero-order chi connectivity index (χ0) is 10.8. The van der Waals surface area contributed by atoms with Gasteiger partial charge in [-0.05, 0) is 18.9 Å². The Morgan fingerprint density at radius 3 is 2.60 bits per heavy atom. The zero-order valence-corrected chi connectivity index (χ0v) is 8.82. The molecular formula is C11H13NO3. The van der Waals surface area contributed by atoms with Crippen LogP contribution in [0.15, 0.2) is 12.1 Å². The fraction of sp³-hybridized carbons (Fsp3) is 0.455. The van der Waals surface area contributed by atoms with Gasteiger partial charge in [0, 0.05) is 12.0 Å². The minimum atomic E-state index is 0.127. The fourth-order valence-corrected chi connectivity index (χ4v) is 1.45. The summed E-state index contributed by atoms with van der Waals surface area (Å²) in [6.07, 6.45) is 1.96. The average molecular weight is 207 g/mol. The molecule has 2 rings (SSSR count). The molecule has 1 aromatic heterocycles. The number of carbonyl (C=O) groups is 1. The topological polar surface area (TPSA) is 48.4 Å². The molecule has 1 heterocycles. The molecule has 0 atom stereocenters. The number of rotatable bonds is 4. The molecule has 0 N–H and O–H groups in total. The molecule has 0 spiro atoms. The summed E-state index contributed by atoms with van der Waals surface area (Å²) >= 11 is 0. The summed E-state index contributed by atoms with van der Waals surface area (Å²) in [6.45, 7) is 0. The summed E-state index contributed by atoms with van der Waals surface area (Å²) in [5.74, 6) is 1.11. The van der Waals surface area contributed by atoms with Crippen molar-refractivity contribution in [2.45, 2.75) is 12.8 Å². The van der Waals surface area contributed by atoms with Gasteiger partial charge in [0.15, 0.2) is 5.78 Å². The largest absolute Gasteiger partial charge is 0.481 e. The molecule has 1 fully saturated rings. The van der Waals surface area contributed by atoms with Gasteiger partial charge in [-0.25, -0.2) is 0 Å². The van der Waals surface area contributed by atoms with E-state index in [4.69, 9.17) is 9.47 Å². The minimum absolute atomic E-state index is 0.127. The molecule has 0 amide bonds. The van der Waals surface area contributed by atoms with Crippen LogP contribution in [0.3, 0.4) is 0 Å². The third-order valence-corrected chi connectivity index (χ3v) is 2.45. The number of carbonyl (C=O) groups excluding carboxylic acids is 1. The van der Waals surface area contributed by atoms with E-state index in [1.165, 1.54) is 14.2 Å². The molecule has 15 heavy (non-hydrogen) atoms. The minimum Gasteiger partial charge on any atom is -0.481 e. The maximum Gasteiger partial charge on any atom is 0.227 e. The van der Waals surface area contributed by atoms with Crippen molar-refractivity contribution in [3.8, 4) is 11.8 Å². The van der Waals surface area contributed by atoms with Crippen molar-refractivity contribution < 1.29 is 14.3 Å². The highest BCUT2D eigenvalue weighted by Crippen LogP contribution is 2.35. The van der Waals surface area contributed by atoms with Gasteiger partial charge in [0.05, 0.1) is 19.8 Å². The van der Waals surface area contributed by atoms with E-state index in [2.05, 4.69) is 4.98 Å². The van der Waals surface area contributed by atoms with E-state index in [-0.39, 0.29) is 11.7 Å². The van der Waals surface area contributed by atoms with Gasteiger partial charge in [-0.2, -0.15) is 4.98 Å². The highest BCUT2D eigenvalue weighted by molar-refractivity contribution is 6.01. The third-order valence-electron chi connectivity index (χ3n) is 2.45. The van der Waals surface area contributed by atoms with Crippen LogP contribution in [0, 0.1) is 5.92 Å². The van der Waals surface area contributed by atoms with E-state index >= 15 is 0 Å². The monoisotopic (exact) mass is 207 g/mol. The number of aromatic nitrogens is 1. The van der Waals surface area contributed by atoms with Crippen LogP contribution in [-0.2, 0) is 0 Å². The number of pyridine rings is 1. The predicted octanol–water partition coefficient (Wildman–Crippen LogP) is 1.69. The smallest absolute Gasteiger partial charge is 0.227 e. The Hall–Kier alpha value is -1.58. The molecule has 1 saturated carbocycles. The second kappa shape index (κ2) is 3.88. The Morgan fingerprint density at radius 2 is 2.07 bits per heavy atom. The molecule has 1 aliphatic rings. The summed E-state index contributed by atoms with van der Waals surface area (Å²) < 4.78 is 10.0. The highest BCUT2D eigenvalue weighted by Gasteiger charge is 2.32. The van der Waals surface area contributed by atoms with E-state index in [1.54, 1.807) is 12.1 Å². The summed E-state index contributed by atoms with van der Waals surface area (Å²) in [4.78, 5) is 15.9. The Kier molecular flexibility index (Phi) is 2.58. The molecule has 0 saturated heterocycles. The number of Topliss-reactive ketones (excluding diaryl/α,β-unsaturated/α-hetero) is 1. The summed E-state index contributed by atoms with van der Waals surface area (Å²) in [5.41, 5.74) is 0.556. The number of methoxy groups -OCH3 is 2. The standard InChI is InChI=1S/C11H13NO3/c1-14-9-6-5-8(11(12-9)15-2)10(13)7-3-4-7/h5-7H,3-4H2,1-2H3. The van der Waals surface area contributed by atoms with Crippen molar-refractivity contribution in [1.82, 2.24) is 4.98 Å². The lowest BCUT2D eigenvalue weighted by Crippen LogP contribution is -2.06. The van der Waals surface area contributed by atoms with Crippen LogP contribution in [0.1, 0.15) is 23.2 Å². The first-order valence-corrected chi connectivity index (χ1v) is 4.89. The molecule has 0 aliphatic heterocycles. The van der Waals surface area contributed by atoms with Crippen LogP contribution in [0.2, 0.25) is 0 Å². The zero-order valence-electron chi connectivity index (χ0n) is 8.82. The normalized spacial score (nSPS) is 14.8. The molecule has 0 radical (unpaired) electrons. The van der Waals surface area contributed by atoms with Gasteiger partial charge in [-0.3, -0.25) is 4.79 Å². The first-order chi connectivity index (χ1) is 7.26. The molecule has 1 aliphatic carbocycles. The van der Waals surface area contributed by atoms with E-state index in [1.807, 2.05) is 0 Å². The second-order valence-corrected chi connectivity index (χ2v) is 3.55. The summed E-state index contributed by atoms with van der Waals surface area (Å²) in [6, 6.07) is 3.39. The van der Waals surface area contributed by atoms with E-state index < -0.39 is 0 Å². The van der Waals surface area contributed by atoms with Gasteiger partial charge < -0.3 is 9.47 Å². The molecule has 80 valence electrons. The van der Waals surface area contributed by atoms with Crippen LogP contribution in [0.25, 0.3) is 0 Å². The number of ketones is 1. The molecule has 0 unspecified atom stereocenters. The van der Waals surface area contributed by atoms with Crippen LogP contribution in [-0.4, -0.2) is 25.0 Å². The van der Waals surface area contributed by atoms with Gasteiger partial charge >= 0.3 is 0 Å². The predicted molar refractivity (Wildman–Crippen MR) is 54.4 cm³/mol. The Balaban J connectivity index is 2.33. The lowest BCUT2D eigenvalue weighted by atomic mass is 10.1. The van der Waals surface area contributed by atoms with Gasteiger partial charge in [-0.15, -0.1) is 0 Å². The number of ether oxygens (including phenoxy) is 2. The molecule has 4 nitrogen and oxygen atoms in total. The van der Waals surface area contributed by atoms with Crippen molar-refractivity contribution in [2.24, 2.45) is 5.92 Å². The Bertz CT molecular complexity index is 385. The maximum absolute atomic E-state index is 11.8. The molecule has 0 bridgehead atoms. The van der Waals surface area contributed by atoms with Gasteiger partial charge in [0.25, 0.3) is 0 Å². The average Bonchev–Trinajstić information content (AvgIpc) is 3.11. The lowest BCUT2D eigenvalue weighted by Gasteiger charge is -2.07. The van der Waals surface area contributed by atoms with Crippen LogP contribution < -0.4 is 9.47 Å². The maximum atomic E-state index is 11.8. The third kappa shape index (κ3) is 1.93. The number of hydrogen-bond donors (Lipinski definition) is 0. The van der Waals surface area contributed by atoms with Crippen molar-refractivity contribution in [2.75, 3.05) is 14.2 Å². The first kappa shape index (κ1) is 9.96. The van der Waals surface area contributed by atoms with Crippen molar-refractivity contribution in [3.05, 3.63) is 17.7 Å². The SMILES string of the molecule is COc1ccc(C(=O)C2CC2)c(OC)n1. The lowest BCUT2D eigenvalue weighted by molar-refractivity contribution is 0.0964. The second-order valence-electron chi connectivity index (χ2n) is 3.55. The number of nitrogens with zero attached hydrogens (tertiary/aromatic N) is 1. The van der Waals surface area contributed by atoms with E-state index in [0.717, 1.165) is 12.8 Å². The van der Waals surface area contributed by atoms with Crippen LogP contribution in [0.5, 0.6) is 11.8 Å². The van der Waals surface area contributed by atoms with E-state index in [9.17, 15) is 4.79 Å². The van der Waals surface area contributed by atoms with Gasteiger partial charge in [0.1, 0.15) is 0 Å². The first-order valence-electron chi connectivity index (χ1n) is 4.89. The van der Waals surface area contributed by atoms with Gasteiger partial charge in [-0.1, -0.05) is 0 Å². The summed E-state index contributed by atoms with van der Waals surface area (Å²) in [5, 5.41) is 0.